The number of nitrogens with zero attached hydrogens (tertiary/aromatic N) is 3. The highest BCUT2D eigenvalue weighted by atomic mass is 35.5. The van der Waals surface area contributed by atoms with Crippen molar-refractivity contribution in [1.29, 1.82) is 0 Å². The summed E-state index contributed by atoms with van der Waals surface area (Å²) in [7, 11) is 0. The van der Waals surface area contributed by atoms with Crippen LogP contribution in [0.4, 0.5) is 21.6 Å². The summed E-state index contributed by atoms with van der Waals surface area (Å²) in [4.78, 5) is 32.9. The Bertz CT molecular complexity index is 1760. The molecule has 0 aliphatic heterocycles. The molecule has 0 aliphatic rings. The Balaban J connectivity index is 1.27. The minimum atomic E-state index is -0.733. The average Bonchev–Trinajstić information content (AvgIpc) is 3.32. The van der Waals surface area contributed by atoms with E-state index >= 15 is 0 Å². The van der Waals surface area contributed by atoms with Crippen molar-refractivity contribution >= 4 is 51.5 Å². The fourth-order valence-corrected chi connectivity index (χ4v) is 4.43. The van der Waals surface area contributed by atoms with Gasteiger partial charge in [-0.1, -0.05) is 28.9 Å². The van der Waals surface area contributed by atoms with Gasteiger partial charge >= 0.3 is 0 Å². The Labute approximate surface area is 238 Å². The second-order valence-electron chi connectivity index (χ2n) is 9.13. The standard InChI is InChI=1S/C29H24ClFN6O4/c1-16-21(27(28(32)39)41-37-16)7-10-26(38)35-19-5-8-24-22(12-19)29(34-15-33-24)36-20-6-9-25(23(30)13-20)40-14-17-3-2-4-18(31)11-17/h2-6,8-9,11-13,15H,7,10,14H2,1H3,(H2,32,39)(H,35,38)(H,33,34,36). The fraction of sp³-hybridized carbons (Fsp3) is 0.138. The van der Waals surface area contributed by atoms with E-state index in [1.807, 2.05) is 0 Å². The first kappa shape index (κ1) is 27.5. The van der Waals surface area contributed by atoms with Crippen molar-refractivity contribution in [3.63, 3.8) is 0 Å². The molecule has 0 unspecified atom stereocenters. The van der Waals surface area contributed by atoms with Gasteiger partial charge < -0.3 is 25.6 Å². The van der Waals surface area contributed by atoms with Gasteiger partial charge in [0.15, 0.2) is 0 Å². The maximum absolute atomic E-state index is 13.4. The van der Waals surface area contributed by atoms with Gasteiger partial charge in [0.1, 0.15) is 30.3 Å². The second-order valence-corrected chi connectivity index (χ2v) is 9.54. The second kappa shape index (κ2) is 12.0. The van der Waals surface area contributed by atoms with Gasteiger partial charge in [-0.15, -0.1) is 0 Å². The fourth-order valence-electron chi connectivity index (χ4n) is 4.19. The summed E-state index contributed by atoms with van der Waals surface area (Å²) in [6.45, 7) is 1.85. The number of aromatic nitrogens is 3. The van der Waals surface area contributed by atoms with E-state index in [1.54, 1.807) is 55.5 Å². The van der Waals surface area contributed by atoms with Gasteiger partial charge in [-0.2, -0.15) is 0 Å². The lowest BCUT2D eigenvalue weighted by Gasteiger charge is -2.13. The highest BCUT2D eigenvalue weighted by Crippen LogP contribution is 2.31. The molecule has 3 aromatic carbocycles. The SMILES string of the molecule is Cc1noc(C(N)=O)c1CCC(=O)Nc1ccc2ncnc(Nc3ccc(OCc4cccc(F)c4)c(Cl)c3)c2c1. The van der Waals surface area contributed by atoms with Crippen LogP contribution in [-0.4, -0.2) is 26.9 Å². The quantitative estimate of drug-likeness (QED) is 0.192. The molecular weight excluding hydrogens is 551 g/mol. The van der Waals surface area contributed by atoms with Crippen molar-refractivity contribution in [3.8, 4) is 5.75 Å². The molecule has 0 spiro atoms. The molecule has 0 bridgehead atoms. The number of nitrogens with two attached hydrogens (primary N) is 1. The number of fused-ring (bicyclic) bond motifs is 1. The van der Waals surface area contributed by atoms with Crippen molar-refractivity contribution in [2.45, 2.75) is 26.4 Å². The predicted octanol–water partition coefficient (Wildman–Crippen LogP) is 5.71. The normalized spacial score (nSPS) is 10.9. The molecule has 2 amide bonds. The lowest BCUT2D eigenvalue weighted by atomic mass is 10.1. The van der Waals surface area contributed by atoms with E-state index in [1.165, 1.54) is 18.5 Å². The van der Waals surface area contributed by atoms with Gasteiger partial charge in [0.25, 0.3) is 5.91 Å². The van der Waals surface area contributed by atoms with Gasteiger partial charge in [-0.25, -0.2) is 14.4 Å². The third kappa shape index (κ3) is 6.59. The minimum Gasteiger partial charge on any atom is -0.487 e. The van der Waals surface area contributed by atoms with Gasteiger partial charge in [0.05, 0.1) is 16.2 Å². The van der Waals surface area contributed by atoms with E-state index in [4.69, 9.17) is 26.6 Å². The van der Waals surface area contributed by atoms with Crippen LogP contribution in [0.25, 0.3) is 10.9 Å². The summed E-state index contributed by atoms with van der Waals surface area (Å²) < 4.78 is 24.1. The van der Waals surface area contributed by atoms with Crippen molar-refractivity contribution in [2.75, 3.05) is 10.6 Å². The van der Waals surface area contributed by atoms with Crippen LogP contribution in [0.1, 0.15) is 33.8 Å². The Hall–Kier alpha value is -5.03. The van der Waals surface area contributed by atoms with Crippen molar-refractivity contribution < 1.29 is 23.2 Å². The number of rotatable bonds is 10. The molecule has 12 heteroatoms. The Morgan fingerprint density at radius 3 is 2.68 bits per heavy atom. The molecule has 10 nitrogen and oxygen atoms in total. The molecule has 0 saturated heterocycles. The van der Waals surface area contributed by atoms with Crippen LogP contribution in [0.5, 0.6) is 5.75 Å². The number of carbonyl (C=O) groups excluding carboxylic acids is 2. The number of nitrogens with one attached hydrogen (secondary N) is 2. The number of ether oxygens (including phenoxy) is 1. The molecule has 0 fully saturated rings. The summed E-state index contributed by atoms with van der Waals surface area (Å²) in [5, 5.41) is 10.9. The molecule has 0 aliphatic carbocycles. The molecule has 2 aromatic heterocycles. The molecule has 0 atom stereocenters. The summed E-state index contributed by atoms with van der Waals surface area (Å²) in [6.07, 6.45) is 1.76. The molecule has 5 rings (SSSR count). The van der Waals surface area contributed by atoms with E-state index in [-0.39, 0.29) is 36.9 Å². The first-order valence-electron chi connectivity index (χ1n) is 12.5. The first-order valence-corrected chi connectivity index (χ1v) is 12.9. The monoisotopic (exact) mass is 574 g/mol. The van der Waals surface area contributed by atoms with Crippen molar-refractivity contribution in [2.24, 2.45) is 5.73 Å². The zero-order valence-corrected chi connectivity index (χ0v) is 22.5. The molecule has 2 heterocycles. The maximum Gasteiger partial charge on any atom is 0.287 e. The molecule has 4 N–H and O–H groups in total. The number of benzene rings is 3. The van der Waals surface area contributed by atoms with Gasteiger partial charge in [-0.3, -0.25) is 9.59 Å². The van der Waals surface area contributed by atoms with Crippen LogP contribution in [0.2, 0.25) is 5.02 Å². The maximum atomic E-state index is 13.4. The lowest BCUT2D eigenvalue weighted by Crippen LogP contribution is -2.15. The number of hydrogen-bond acceptors (Lipinski definition) is 8. The Kier molecular flexibility index (Phi) is 8.06. The highest BCUT2D eigenvalue weighted by molar-refractivity contribution is 6.32. The Morgan fingerprint density at radius 1 is 1.07 bits per heavy atom. The third-order valence-electron chi connectivity index (χ3n) is 6.21. The molecule has 0 saturated carbocycles. The molecule has 0 radical (unpaired) electrons. The highest BCUT2D eigenvalue weighted by Gasteiger charge is 2.19. The van der Waals surface area contributed by atoms with Crippen LogP contribution in [0.15, 0.2) is 71.5 Å². The van der Waals surface area contributed by atoms with Gasteiger partial charge in [0, 0.05) is 28.7 Å². The largest absolute Gasteiger partial charge is 0.487 e. The third-order valence-corrected chi connectivity index (χ3v) is 6.50. The minimum absolute atomic E-state index is 0.0415. The summed E-state index contributed by atoms with van der Waals surface area (Å²) in [6, 6.07) is 16.6. The zero-order valence-electron chi connectivity index (χ0n) is 21.8. The smallest absolute Gasteiger partial charge is 0.287 e. The number of carbonyl (C=O) groups is 2. The molecular formula is C29H24ClFN6O4. The number of amides is 2. The zero-order chi connectivity index (χ0) is 28.9. The van der Waals surface area contributed by atoms with Crippen LogP contribution in [0, 0.1) is 12.7 Å². The first-order chi connectivity index (χ1) is 19.8. The number of halogens is 2. The van der Waals surface area contributed by atoms with Crippen molar-refractivity contribution in [3.05, 3.63) is 100 Å². The number of anilines is 3. The van der Waals surface area contributed by atoms with Crippen LogP contribution >= 0.6 is 11.6 Å². The van der Waals surface area contributed by atoms with Crippen LogP contribution < -0.4 is 21.1 Å². The summed E-state index contributed by atoms with van der Waals surface area (Å²) in [5.41, 5.74) is 8.87. The van der Waals surface area contributed by atoms with E-state index < -0.39 is 5.91 Å². The predicted molar refractivity (Wildman–Crippen MR) is 152 cm³/mol. The molecule has 5 aromatic rings. The number of hydrogen-bond donors (Lipinski definition) is 3. The van der Waals surface area contributed by atoms with E-state index in [2.05, 4.69) is 25.8 Å². The summed E-state index contributed by atoms with van der Waals surface area (Å²) in [5.74, 6) is -0.433. The topological polar surface area (TPSA) is 145 Å². The Morgan fingerprint density at radius 2 is 1.90 bits per heavy atom. The summed E-state index contributed by atoms with van der Waals surface area (Å²) >= 11 is 6.44. The van der Waals surface area contributed by atoms with Gasteiger partial charge in [0.2, 0.25) is 11.7 Å². The average molecular weight is 575 g/mol. The van der Waals surface area contributed by atoms with Gasteiger partial charge in [-0.05, 0) is 67.4 Å². The number of primary amides is 1. The van der Waals surface area contributed by atoms with E-state index in [9.17, 15) is 14.0 Å². The number of aryl methyl sites for hydroxylation is 1. The van der Waals surface area contributed by atoms with Crippen molar-refractivity contribution in [1.82, 2.24) is 15.1 Å². The van der Waals surface area contributed by atoms with Crippen LogP contribution in [0.3, 0.4) is 0 Å². The van der Waals surface area contributed by atoms with E-state index in [0.29, 0.717) is 55.7 Å². The molecule has 41 heavy (non-hydrogen) atoms. The molecule has 208 valence electrons. The lowest BCUT2D eigenvalue weighted by molar-refractivity contribution is -0.116. The van der Waals surface area contributed by atoms with Crippen LogP contribution in [-0.2, 0) is 17.8 Å². The van der Waals surface area contributed by atoms with E-state index in [0.717, 1.165) is 0 Å².